The Morgan fingerprint density at radius 2 is 2.24 bits per heavy atom. The molecular weight excluding hydrogens is 270 g/mol. The van der Waals surface area contributed by atoms with Gasteiger partial charge in [0.15, 0.2) is 11.5 Å². The zero-order chi connectivity index (χ0) is 14.7. The van der Waals surface area contributed by atoms with Crippen LogP contribution in [0.15, 0.2) is 18.2 Å². The maximum atomic E-state index is 12.2. The summed E-state index contributed by atoms with van der Waals surface area (Å²) in [6.07, 6.45) is 4.60. The van der Waals surface area contributed by atoms with Crippen molar-refractivity contribution in [3.63, 3.8) is 0 Å². The minimum Gasteiger partial charge on any atom is -0.454 e. The van der Waals surface area contributed by atoms with Crippen molar-refractivity contribution in [2.45, 2.75) is 44.8 Å². The first-order valence-corrected chi connectivity index (χ1v) is 7.54. The number of ether oxygens (including phenoxy) is 3. The SMILES string of the molecule is C[C@H](CC[C@@H]1CCCO1)NC(=O)c1ccc2c(c1)OCO2. The lowest BCUT2D eigenvalue weighted by atomic mass is 10.1. The predicted molar refractivity (Wildman–Crippen MR) is 77.7 cm³/mol. The lowest BCUT2D eigenvalue weighted by Crippen LogP contribution is -2.33. The van der Waals surface area contributed by atoms with Crippen LogP contribution in [0.1, 0.15) is 43.0 Å². The first-order valence-electron chi connectivity index (χ1n) is 7.54. The highest BCUT2D eigenvalue weighted by molar-refractivity contribution is 5.95. The molecule has 1 aromatic carbocycles. The summed E-state index contributed by atoms with van der Waals surface area (Å²) in [5.74, 6) is 1.25. The van der Waals surface area contributed by atoms with Crippen molar-refractivity contribution < 1.29 is 19.0 Å². The fourth-order valence-electron chi connectivity index (χ4n) is 2.72. The van der Waals surface area contributed by atoms with Gasteiger partial charge in [-0.05, 0) is 50.8 Å². The van der Waals surface area contributed by atoms with E-state index in [-0.39, 0.29) is 18.7 Å². The lowest BCUT2D eigenvalue weighted by Gasteiger charge is -2.16. The maximum Gasteiger partial charge on any atom is 0.251 e. The molecule has 5 nitrogen and oxygen atoms in total. The van der Waals surface area contributed by atoms with Gasteiger partial charge in [0, 0.05) is 18.2 Å². The van der Waals surface area contributed by atoms with Gasteiger partial charge in [-0.15, -0.1) is 0 Å². The second-order valence-electron chi connectivity index (χ2n) is 5.65. The van der Waals surface area contributed by atoms with E-state index < -0.39 is 0 Å². The van der Waals surface area contributed by atoms with Crippen LogP contribution in [0.4, 0.5) is 0 Å². The summed E-state index contributed by atoms with van der Waals surface area (Å²) in [5, 5.41) is 3.02. The summed E-state index contributed by atoms with van der Waals surface area (Å²) in [5.41, 5.74) is 0.600. The van der Waals surface area contributed by atoms with Gasteiger partial charge in [-0.3, -0.25) is 4.79 Å². The molecule has 2 atom stereocenters. The number of benzene rings is 1. The number of hydrogen-bond donors (Lipinski definition) is 1. The molecule has 0 aliphatic carbocycles. The van der Waals surface area contributed by atoms with Crippen LogP contribution in [-0.2, 0) is 4.74 Å². The minimum absolute atomic E-state index is 0.0758. The topological polar surface area (TPSA) is 56.8 Å². The van der Waals surface area contributed by atoms with E-state index >= 15 is 0 Å². The third kappa shape index (κ3) is 3.47. The second kappa shape index (κ2) is 6.35. The van der Waals surface area contributed by atoms with Gasteiger partial charge in [0.25, 0.3) is 5.91 Å². The minimum atomic E-state index is -0.0758. The van der Waals surface area contributed by atoms with Gasteiger partial charge in [0.1, 0.15) is 0 Å². The lowest BCUT2D eigenvalue weighted by molar-refractivity contribution is 0.0899. The molecule has 0 unspecified atom stereocenters. The fraction of sp³-hybridized carbons (Fsp3) is 0.562. The Bertz CT molecular complexity index is 511. The summed E-state index contributed by atoms with van der Waals surface area (Å²) >= 11 is 0. The van der Waals surface area contributed by atoms with Gasteiger partial charge in [-0.2, -0.15) is 0 Å². The summed E-state index contributed by atoms with van der Waals surface area (Å²) in [6, 6.07) is 5.39. The zero-order valence-electron chi connectivity index (χ0n) is 12.3. The molecular formula is C16H21NO4. The molecule has 0 bridgehead atoms. The summed E-state index contributed by atoms with van der Waals surface area (Å²) in [6.45, 7) is 3.13. The molecule has 0 aromatic heterocycles. The van der Waals surface area contributed by atoms with Gasteiger partial charge in [-0.25, -0.2) is 0 Å². The zero-order valence-corrected chi connectivity index (χ0v) is 12.3. The first kappa shape index (κ1) is 14.2. The number of carbonyl (C=O) groups excluding carboxylic acids is 1. The average molecular weight is 291 g/mol. The van der Waals surface area contributed by atoms with Crippen LogP contribution in [0.5, 0.6) is 11.5 Å². The van der Waals surface area contributed by atoms with Crippen LogP contribution < -0.4 is 14.8 Å². The summed E-state index contributed by atoms with van der Waals surface area (Å²) in [7, 11) is 0. The molecule has 0 radical (unpaired) electrons. The Hall–Kier alpha value is -1.75. The third-order valence-electron chi connectivity index (χ3n) is 3.96. The molecule has 2 aliphatic rings. The molecule has 1 aromatic rings. The standard InChI is InChI=1S/C16H21NO4/c1-11(4-6-13-3-2-8-19-13)17-16(18)12-5-7-14-15(9-12)21-10-20-14/h5,7,9,11,13H,2-4,6,8,10H2,1H3,(H,17,18)/t11-,13+/m1/s1. The van der Waals surface area contributed by atoms with Crippen molar-refractivity contribution in [2.75, 3.05) is 13.4 Å². The normalized spacial score (nSPS) is 21.3. The molecule has 1 fully saturated rings. The Balaban J connectivity index is 1.50. The average Bonchev–Trinajstić information content (AvgIpc) is 3.15. The van der Waals surface area contributed by atoms with Crippen molar-refractivity contribution in [1.29, 1.82) is 0 Å². The van der Waals surface area contributed by atoms with E-state index in [0.29, 0.717) is 23.2 Å². The molecule has 2 heterocycles. The van der Waals surface area contributed by atoms with Crippen LogP contribution >= 0.6 is 0 Å². The highest BCUT2D eigenvalue weighted by Crippen LogP contribution is 2.32. The second-order valence-corrected chi connectivity index (χ2v) is 5.65. The number of hydrogen-bond acceptors (Lipinski definition) is 4. The summed E-state index contributed by atoms with van der Waals surface area (Å²) < 4.78 is 16.1. The Morgan fingerprint density at radius 3 is 3.05 bits per heavy atom. The Kier molecular flexibility index (Phi) is 4.29. The van der Waals surface area contributed by atoms with Crippen molar-refractivity contribution >= 4 is 5.91 Å². The molecule has 0 saturated carbocycles. The van der Waals surface area contributed by atoms with Gasteiger partial charge >= 0.3 is 0 Å². The van der Waals surface area contributed by atoms with Crippen molar-refractivity contribution in [2.24, 2.45) is 0 Å². The van der Waals surface area contributed by atoms with Crippen molar-refractivity contribution in [3.05, 3.63) is 23.8 Å². The number of carbonyl (C=O) groups is 1. The van der Waals surface area contributed by atoms with Crippen molar-refractivity contribution in [3.8, 4) is 11.5 Å². The Labute approximate surface area is 124 Å². The molecule has 114 valence electrons. The molecule has 1 amide bonds. The smallest absolute Gasteiger partial charge is 0.251 e. The predicted octanol–water partition coefficient (Wildman–Crippen LogP) is 2.49. The van der Waals surface area contributed by atoms with Crippen LogP contribution in [0.25, 0.3) is 0 Å². The van der Waals surface area contributed by atoms with Crippen LogP contribution in [-0.4, -0.2) is 31.5 Å². The number of nitrogens with one attached hydrogen (secondary N) is 1. The highest BCUT2D eigenvalue weighted by atomic mass is 16.7. The van der Waals surface area contributed by atoms with Gasteiger partial charge in [0.05, 0.1) is 6.10 Å². The van der Waals surface area contributed by atoms with E-state index in [4.69, 9.17) is 14.2 Å². The van der Waals surface area contributed by atoms with E-state index in [2.05, 4.69) is 5.32 Å². The molecule has 5 heteroatoms. The van der Waals surface area contributed by atoms with E-state index in [1.807, 2.05) is 6.92 Å². The fourth-order valence-corrected chi connectivity index (χ4v) is 2.72. The molecule has 2 aliphatic heterocycles. The van der Waals surface area contributed by atoms with Crippen molar-refractivity contribution in [1.82, 2.24) is 5.32 Å². The number of fused-ring (bicyclic) bond motifs is 1. The highest BCUT2D eigenvalue weighted by Gasteiger charge is 2.19. The van der Waals surface area contributed by atoms with E-state index in [1.165, 1.54) is 0 Å². The van der Waals surface area contributed by atoms with E-state index in [0.717, 1.165) is 32.3 Å². The van der Waals surface area contributed by atoms with Crippen LogP contribution in [0, 0.1) is 0 Å². The van der Waals surface area contributed by atoms with E-state index in [1.54, 1.807) is 18.2 Å². The van der Waals surface area contributed by atoms with Crippen LogP contribution in [0.3, 0.4) is 0 Å². The third-order valence-corrected chi connectivity index (χ3v) is 3.96. The first-order chi connectivity index (χ1) is 10.2. The quantitative estimate of drug-likeness (QED) is 0.905. The van der Waals surface area contributed by atoms with Gasteiger partial charge in [-0.1, -0.05) is 0 Å². The molecule has 21 heavy (non-hydrogen) atoms. The molecule has 1 N–H and O–H groups in total. The molecule has 3 rings (SSSR count). The molecule has 1 saturated heterocycles. The monoisotopic (exact) mass is 291 g/mol. The number of amides is 1. The summed E-state index contributed by atoms with van der Waals surface area (Å²) in [4.78, 5) is 12.2. The maximum absolute atomic E-state index is 12.2. The van der Waals surface area contributed by atoms with E-state index in [9.17, 15) is 4.79 Å². The van der Waals surface area contributed by atoms with Gasteiger partial charge < -0.3 is 19.5 Å². The molecule has 0 spiro atoms. The largest absolute Gasteiger partial charge is 0.454 e. The Morgan fingerprint density at radius 1 is 1.38 bits per heavy atom. The van der Waals surface area contributed by atoms with Gasteiger partial charge in [0.2, 0.25) is 6.79 Å². The van der Waals surface area contributed by atoms with Crippen LogP contribution in [0.2, 0.25) is 0 Å². The number of rotatable bonds is 5.